The van der Waals surface area contributed by atoms with Crippen molar-refractivity contribution in [2.45, 2.75) is 64.5 Å². The third kappa shape index (κ3) is 4.50. The molecule has 1 saturated carbocycles. The van der Waals surface area contributed by atoms with E-state index in [0.717, 1.165) is 18.1 Å². The highest BCUT2D eigenvalue weighted by Crippen LogP contribution is 2.31. The lowest BCUT2D eigenvalue weighted by Crippen LogP contribution is -2.28. The summed E-state index contributed by atoms with van der Waals surface area (Å²) in [6, 6.07) is 8.53. The van der Waals surface area contributed by atoms with Gasteiger partial charge in [0.1, 0.15) is 5.75 Å². The summed E-state index contributed by atoms with van der Waals surface area (Å²) in [5.41, 5.74) is 4.19. The summed E-state index contributed by atoms with van der Waals surface area (Å²) in [6.07, 6.45) is 8.18. The van der Waals surface area contributed by atoms with Gasteiger partial charge in [-0.2, -0.15) is 0 Å². The van der Waals surface area contributed by atoms with Crippen molar-refractivity contribution < 1.29 is 4.74 Å². The quantitative estimate of drug-likeness (QED) is 0.585. The fraction of sp³-hybridized carbons (Fsp3) is 0.647. The Morgan fingerprint density at radius 3 is 2.70 bits per heavy atom. The maximum atomic E-state index is 5.76. The van der Waals surface area contributed by atoms with Gasteiger partial charge in [-0.1, -0.05) is 37.8 Å². The van der Waals surface area contributed by atoms with E-state index in [1.807, 2.05) is 26.0 Å². The van der Waals surface area contributed by atoms with Crippen LogP contribution in [0.4, 0.5) is 0 Å². The molecule has 0 saturated heterocycles. The second kappa shape index (κ2) is 7.65. The normalized spacial score (nSPS) is 17.6. The molecule has 20 heavy (non-hydrogen) atoms. The first-order chi connectivity index (χ1) is 9.69. The van der Waals surface area contributed by atoms with E-state index in [4.69, 9.17) is 10.6 Å². The molecule has 1 fully saturated rings. The summed E-state index contributed by atoms with van der Waals surface area (Å²) in [5.74, 6) is 7.58. The zero-order valence-electron chi connectivity index (χ0n) is 12.8. The first kappa shape index (κ1) is 15.3. The average molecular weight is 276 g/mol. The number of rotatable bonds is 7. The van der Waals surface area contributed by atoms with Crippen molar-refractivity contribution in [2.75, 3.05) is 0 Å². The molecule has 3 N–H and O–H groups in total. The molecule has 1 aromatic rings. The van der Waals surface area contributed by atoms with Gasteiger partial charge < -0.3 is 4.74 Å². The van der Waals surface area contributed by atoms with Crippen LogP contribution in [0.15, 0.2) is 24.3 Å². The van der Waals surface area contributed by atoms with E-state index in [0.29, 0.717) is 0 Å². The van der Waals surface area contributed by atoms with Crippen LogP contribution in [-0.2, 0) is 0 Å². The Balaban J connectivity index is 1.95. The highest BCUT2D eigenvalue weighted by Gasteiger charge is 2.18. The molecule has 3 nitrogen and oxygen atoms in total. The molecule has 0 radical (unpaired) electrons. The number of hydrogen-bond donors (Lipinski definition) is 2. The Bertz CT molecular complexity index is 400. The SMILES string of the molecule is CC(C)Oc1cccc(C(CCC2CCCC2)NN)c1. The number of benzene rings is 1. The van der Waals surface area contributed by atoms with Crippen molar-refractivity contribution in [1.82, 2.24) is 5.43 Å². The fourth-order valence-corrected chi connectivity index (χ4v) is 3.12. The van der Waals surface area contributed by atoms with Crippen LogP contribution in [0.25, 0.3) is 0 Å². The Labute approximate surface area is 122 Å². The van der Waals surface area contributed by atoms with Crippen LogP contribution >= 0.6 is 0 Å². The van der Waals surface area contributed by atoms with Gasteiger partial charge >= 0.3 is 0 Å². The predicted molar refractivity (Wildman–Crippen MR) is 83.5 cm³/mol. The minimum atomic E-state index is 0.202. The number of nitrogens with two attached hydrogens (primary N) is 1. The summed E-state index contributed by atoms with van der Waals surface area (Å²) in [7, 11) is 0. The molecule has 1 atom stereocenters. The molecule has 1 aliphatic rings. The third-order valence-corrected chi connectivity index (χ3v) is 4.17. The third-order valence-electron chi connectivity index (χ3n) is 4.17. The predicted octanol–water partition coefficient (Wildman–Crippen LogP) is 3.95. The monoisotopic (exact) mass is 276 g/mol. The van der Waals surface area contributed by atoms with Crippen molar-refractivity contribution in [1.29, 1.82) is 0 Å². The van der Waals surface area contributed by atoms with Crippen LogP contribution in [0.3, 0.4) is 0 Å². The molecule has 3 heteroatoms. The first-order valence-corrected chi connectivity index (χ1v) is 7.91. The Morgan fingerprint density at radius 1 is 1.30 bits per heavy atom. The highest BCUT2D eigenvalue weighted by molar-refractivity contribution is 5.30. The standard InChI is InChI=1S/C17H28N2O/c1-13(2)20-16-9-5-8-15(12-16)17(19-18)11-10-14-6-3-4-7-14/h5,8-9,12-14,17,19H,3-4,6-7,10-11,18H2,1-2H3. The van der Waals surface area contributed by atoms with Crippen LogP contribution in [0.2, 0.25) is 0 Å². The molecule has 0 aromatic heterocycles. The van der Waals surface area contributed by atoms with E-state index in [2.05, 4.69) is 17.6 Å². The molecule has 2 rings (SSSR count). The molecular weight excluding hydrogens is 248 g/mol. The van der Waals surface area contributed by atoms with Gasteiger partial charge in [-0.3, -0.25) is 11.3 Å². The number of nitrogens with one attached hydrogen (secondary N) is 1. The molecular formula is C17H28N2O. The van der Waals surface area contributed by atoms with Gasteiger partial charge in [-0.25, -0.2) is 0 Å². The van der Waals surface area contributed by atoms with Gasteiger partial charge in [-0.15, -0.1) is 0 Å². The minimum Gasteiger partial charge on any atom is -0.491 e. The van der Waals surface area contributed by atoms with Gasteiger partial charge in [0.05, 0.1) is 6.10 Å². The van der Waals surface area contributed by atoms with Crippen LogP contribution in [0.5, 0.6) is 5.75 Å². The Morgan fingerprint density at radius 2 is 2.05 bits per heavy atom. The first-order valence-electron chi connectivity index (χ1n) is 7.91. The van der Waals surface area contributed by atoms with Crippen molar-refractivity contribution in [2.24, 2.45) is 11.8 Å². The maximum Gasteiger partial charge on any atom is 0.120 e. The second-order valence-corrected chi connectivity index (χ2v) is 6.19. The van der Waals surface area contributed by atoms with Crippen molar-refractivity contribution in [3.63, 3.8) is 0 Å². The zero-order valence-corrected chi connectivity index (χ0v) is 12.8. The van der Waals surface area contributed by atoms with Gasteiger partial charge in [-0.05, 0) is 50.3 Å². The summed E-state index contributed by atoms with van der Waals surface area (Å²) in [5, 5.41) is 0. The van der Waals surface area contributed by atoms with E-state index in [-0.39, 0.29) is 12.1 Å². The van der Waals surface area contributed by atoms with Crippen LogP contribution in [0, 0.1) is 5.92 Å². The van der Waals surface area contributed by atoms with Gasteiger partial charge in [0, 0.05) is 6.04 Å². The average Bonchev–Trinajstić information content (AvgIpc) is 2.92. The highest BCUT2D eigenvalue weighted by atomic mass is 16.5. The van der Waals surface area contributed by atoms with Crippen molar-refractivity contribution in [3.05, 3.63) is 29.8 Å². The molecule has 0 spiro atoms. The van der Waals surface area contributed by atoms with E-state index in [1.54, 1.807) is 0 Å². The molecule has 1 aromatic carbocycles. The van der Waals surface area contributed by atoms with Gasteiger partial charge in [0.25, 0.3) is 0 Å². The zero-order chi connectivity index (χ0) is 14.4. The Kier molecular flexibility index (Phi) is 5.86. The van der Waals surface area contributed by atoms with Crippen molar-refractivity contribution >= 4 is 0 Å². The smallest absolute Gasteiger partial charge is 0.120 e. The summed E-state index contributed by atoms with van der Waals surface area (Å²) < 4.78 is 5.76. The van der Waals surface area contributed by atoms with Gasteiger partial charge in [0.2, 0.25) is 0 Å². The summed E-state index contributed by atoms with van der Waals surface area (Å²) in [6.45, 7) is 4.09. The van der Waals surface area contributed by atoms with Crippen LogP contribution < -0.4 is 16.0 Å². The lowest BCUT2D eigenvalue weighted by molar-refractivity contribution is 0.242. The summed E-state index contributed by atoms with van der Waals surface area (Å²) >= 11 is 0. The molecule has 0 heterocycles. The lowest BCUT2D eigenvalue weighted by atomic mass is 9.95. The van der Waals surface area contributed by atoms with Gasteiger partial charge in [0.15, 0.2) is 0 Å². The lowest BCUT2D eigenvalue weighted by Gasteiger charge is -2.19. The summed E-state index contributed by atoms with van der Waals surface area (Å²) in [4.78, 5) is 0. The second-order valence-electron chi connectivity index (χ2n) is 6.19. The van der Waals surface area contributed by atoms with Crippen LogP contribution in [0.1, 0.15) is 64.0 Å². The molecule has 0 aliphatic heterocycles. The number of ether oxygens (including phenoxy) is 1. The topological polar surface area (TPSA) is 47.3 Å². The van der Waals surface area contributed by atoms with Crippen LogP contribution in [-0.4, -0.2) is 6.10 Å². The van der Waals surface area contributed by atoms with E-state index >= 15 is 0 Å². The van der Waals surface area contributed by atoms with Crippen molar-refractivity contribution in [3.8, 4) is 5.75 Å². The Hall–Kier alpha value is -1.06. The molecule has 112 valence electrons. The molecule has 1 unspecified atom stereocenters. The maximum absolute atomic E-state index is 5.76. The molecule has 1 aliphatic carbocycles. The molecule has 0 amide bonds. The fourth-order valence-electron chi connectivity index (χ4n) is 3.12. The van der Waals surface area contributed by atoms with E-state index < -0.39 is 0 Å². The molecule has 0 bridgehead atoms. The largest absolute Gasteiger partial charge is 0.491 e. The van der Waals surface area contributed by atoms with E-state index in [1.165, 1.54) is 37.7 Å². The number of hydrazine groups is 1. The van der Waals surface area contributed by atoms with E-state index in [9.17, 15) is 0 Å². The minimum absolute atomic E-state index is 0.202. The number of hydrogen-bond acceptors (Lipinski definition) is 3.